The Kier molecular flexibility index (Phi) is 3.30. The van der Waals surface area contributed by atoms with Crippen molar-refractivity contribution in [1.82, 2.24) is 5.32 Å². The van der Waals surface area contributed by atoms with E-state index in [9.17, 15) is 4.79 Å². The normalized spacial score (nSPS) is 10.6. The van der Waals surface area contributed by atoms with Crippen LogP contribution in [0.5, 0.6) is 5.75 Å². The molecule has 1 aromatic carbocycles. The summed E-state index contributed by atoms with van der Waals surface area (Å²) in [7, 11) is 1.60. The molecule has 0 fully saturated rings. The van der Waals surface area contributed by atoms with E-state index in [0.717, 1.165) is 11.1 Å². The number of fused-ring (bicyclic) bond motifs is 1. The highest BCUT2D eigenvalue weighted by molar-refractivity contribution is 5.83. The number of furan rings is 1. The average molecular weight is 234 g/mol. The standard InChI is InChI=1S/C12H14N2O3/c1-16-10-4-2-3-8-5-9(17-12(8)10)6-14-7-11(13)15/h2-5,14H,6-7H2,1H3,(H2,13,15). The number of nitrogens with two attached hydrogens (primary N) is 1. The van der Waals surface area contributed by atoms with Crippen molar-refractivity contribution in [3.63, 3.8) is 0 Å². The molecule has 2 rings (SSSR count). The fourth-order valence-corrected chi connectivity index (χ4v) is 1.65. The van der Waals surface area contributed by atoms with Crippen LogP contribution >= 0.6 is 0 Å². The zero-order valence-electron chi connectivity index (χ0n) is 9.53. The van der Waals surface area contributed by atoms with Crippen molar-refractivity contribution in [2.75, 3.05) is 13.7 Å². The van der Waals surface area contributed by atoms with Crippen molar-refractivity contribution in [3.8, 4) is 5.75 Å². The quantitative estimate of drug-likeness (QED) is 0.809. The van der Waals surface area contributed by atoms with Crippen molar-refractivity contribution in [1.29, 1.82) is 0 Å². The Hall–Kier alpha value is -2.01. The summed E-state index contributed by atoms with van der Waals surface area (Å²) in [6.45, 7) is 0.592. The summed E-state index contributed by atoms with van der Waals surface area (Å²) < 4.78 is 10.8. The summed E-state index contributed by atoms with van der Waals surface area (Å²) in [5, 5.41) is 3.86. The molecule has 1 amide bonds. The topological polar surface area (TPSA) is 77.5 Å². The van der Waals surface area contributed by atoms with Gasteiger partial charge in [-0.2, -0.15) is 0 Å². The van der Waals surface area contributed by atoms with E-state index < -0.39 is 5.91 Å². The number of carbonyl (C=O) groups excluding carboxylic acids is 1. The van der Waals surface area contributed by atoms with Crippen LogP contribution in [0.25, 0.3) is 11.0 Å². The number of ether oxygens (including phenoxy) is 1. The van der Waals surface area contributed by atoms with Gasteiger partial charge >= 0.3 is 0 Å². The van der Waals surface area contributed by atoms with Crippen molar-refractivity contribution in [2.24, 2.45) is 5.73 Å². The Morgan fingerprint density at radius 3 is 3.06 bits per heavy atom. The number of amides is 1. The summed E-state index contributed by atoms with van der Waals surface area (Å²) in [6.07, 6.45) is 0. The van der Waals surface area contributed by atoms with Crippen molar-refractivity contribution >= 4 is 16.9 Å². The third kappa shape index (κ3) is 2.57. The summed E-state index contributed by atoms with van der Waals surface area (Å²) >= 11 is 0. The number of benzene rings is 1. The van der Waals surface area contributed by atoms with E-state index in [2.05, 4.69) is 5.32 Å². The van der Waals surface area contributed by atoms with Crippen LogP contribution in [-0.2, 0) is 11.3 Å². The minimum atomic E-state index is -0.390. The summed E-state index contributed by atoms with van der Waals surface area (Å²) in [5.74, 6) is 1.05. The molecule has 0 saturated heterocycles. The van der Waals surface area contributed by atoms with E-state index in [-0.39, 0.29) is 6.54 Å². The van der Waals surface area contributed by atoms with Crippen LogP contribution in [0, 0.1) is 0 Å². The smallest absolute Gasteiger partial charge is 0.231 e. The van der Waals surface area contributed by atoms with Crippen LogP contribution in [0.1, 0.15) is 5.76 Å². The molecule has 0 bridgehead atoms. The van der Waals surface area contributed by atoms with Gasteiger partial charge < -0.3 is 20.2 Å². The molecular formula is C12H14N2O3. The number of nitrogens with one attached hydrogen (secondary N) is 1. The molecule has 0 unspecified atom stereocenters. The monoisotopic (exact) mass is 234 g/mol. The molecule has 0 spiro atoms. The van der Waals surface area contributed by atoms with Crippen LogP contribution in [0.4, 0.5) is 0 Å². The number of methoxy groups -OCH3 is 1. The maximum absolute atomic E-state index is 10.6. The minimum Gasteiger partial charge on any atom is -0.493 e. The van der Waals surface area contributed by atoms with Crippen LogP contribution in [0.2, 0.25) is 0 Å². The van der Waals surface area contributed by atoms with Gasteiger partial charge in [0.15, 0.2) is 11.3 Å². The van der Waals surface area contributed by atoms with E-state index in [1.54, 1.807) is 7.11 Å². The van der Waals surface area contributed by atoms with E-state index >= 15 is 0 Å². The Bertz CT molecular complexity index is 534. The van der Waals surface area contributed by atoms with Gasteiger partial charge in [0.05, 0.1) is 20.2 Å². The number of rotatable bonds is 5. The maximum Gasteiger partial charge on any atom is 0.231 e. The molecule has 0 aliphatic heterocycles. The summed E-state index contributed by atoms with van der Waals surface area (Å²) in [5.41, 5.74) is 5.74. The third-order valence-corrected chi connectivity index (χ3v) is 2.38. The molecule has 2 aromatic rings. The molecule has 5 heteroatoms. The van der Waals surface area contributed by atoms with Crippen molar-refractivity contribution < 1.29 is 13.9 Å². The SMILES string of the molecule is COc1cccc2cc(CNCC(N)=O)oc12. The number of primary amides is 1. The fourth-order valence-electron chi connectivity index (χ4n) is 1.65. The van der Waals surface area contributed by atoms with E-state index in [1.165, 1.54) is 0 Å². The average Bonchev–Trinajstić information content (AvgIpc) is 2.70. The molecule has 0 saturated carbocycles. The number of hydrogen-bond acceptors (Lipinski definition) is 4. The van der Waals surface area contributed by atoms with E-state index in [1.807, 2.05) is 24.3 Å². The van der Waals surface area contributed by atoms with Gasteiger partial charge in [-0.3, -0.25) is 4.79 Å². The van der Waals surface area contributed by atoms with Crippen molar-refractivity contribution in [3.05, 3.63) is 30.0 Å². The first-order valence-corrected chi connectivity index (χ1v) is 5.25. The molecule has 5 nitrogen and oxygen atoms in total. The summed E-state index contributed by atoms with van der Waals surface area (Å²) in [4.78, 5) is 10.6. The van der Waals surface area contributed by atoms with Crippen LogP contribution in [0.15, 0.2) is 28.7 Å². The molecule has 0 radical (unpaired) electrons. The predicted molar refractivity (Wildman–Crippen MR) is 63.7 cm³/mol. The highest BCUT2D eigenvalue weighted by Gasteiger charge is 2.08. The van der Waals surface area contributed by atoms with Crippen LogP contribution < -0.4 is 15.8 Å². The molecule has 1 heterocycles. The van der Waals surface area contributed by atoms with Gasteiger partial charge in [0, 0.05) is 5.39 Å². The Morgan fingerprint density at radius 1 is 1.53 bits per heavy atom. The zero-order chi connectivity index (χ0) is 12.3. The zero-order valence-corrected chi connectivity index (χ0v) is 9.53. The fraction of sp³-hybridized carbons (Fsp3) is 0.250. The lowest BCUT2D eigenvalue weighted by Gasteiger charge is -1.99. The molecular weight excluding hydrogens is 220 g/mol. The molecule has 0 aliphatic carbocycles. The lowest BCUT2D eigenvalue weighted by molar-refractivity contribution is -0.117. The first-order valence-electron chi connectivity index (χ1n) is 5.25. The van der Waals surface area contributed by atoms with Gasteiger partial charge in [-0.15, -0.1) is 0 Å². The van der Waals surface area contributed by atoms with Gasteiger partial charge in [0.1, 0.15) is 5.76 Å². The Morgan fingerprint density at radius 2 is 2.35 bits per heavy atom. The van der Waals surface area contributed by atoms with Gasteiger partial charge in [0.25, 0.3) is 0 Å². The van der Waals surface area contributed by atoms with Gasteiger partial charge in [-0.05, 0) is 12.1 Å². The van der Waals surface area contributed by atoms with Crippen LogP contribution in [-0.4, -0.2) is 19.6 Å². The minimum absolute atomic E-state index is 0.133. The molecule has 1 aromatic heterocycles. The Balaban J connectivity index is 2.17. The maximum atomic E-state index is 10.6. The molecule has 0 aliphatic rings. The molecule has 90 valence electrons. The molecule has 3 N–H and O–H groups in total. The second-order valence-electron chi connectivity index (χ2n) is 3.66. The number of carbonyl (C=O) groups is 1. The van der Waals surface area contributed by atoms with Gasteiger partial charge in [0.2, 0.25) is 5.91 Å². The second-order valence-corrected chi connectivity index (χ2v) is 3.66. The van der Waals surface area contributed by atoms with Crippen LogP contribution in [0.3, 0.4) is 0 Å². The van der Waals surface area contributed by atoms with E-state index in [4.69, 9.17) is 14.9 Å². The molecule has 0 atom stereocenters. The predicted octanol–water partition coefficient (Wildman–Crippen LogP) is 1.02. The Labute approximate surface area is 98.5 Å². The number of hydrogen-bond donors (Lipinski definition) is 2. The lowest BCUT2D eigenvalue weighted by Crippen LogP contribution is -2.27. The first kappa shape index (κ1) is 11.5. The van der Waals surface area contributed by atoms with Crippen molar-refractivity contribution in [2.45, 2.75) is 6.54 Å². The first-order chi connectivity index (χ1) is 8.20. The second kappa shape index (κ2) is 4.88. The third-order valence-electron chi connectivity index (χ3n) is 2.38. The molecule has 17 heavy (non-hydrogen) atoms. The van der Waals surface area contributed by atoms with Gasteiger partial charge in [-0.1, -0.05) is 12.1 Å². The highest BCUT2D eigenvalue weighted by atomic mass is 16.5. The lowest BCUT2D eigenvalue weighted by atomic mass is 10.2. The highest BCUT2D eigenvalue weighted by Crippen LogP contribution is 2.28. The largest absolute Gasteiger partial charge is 0.493 e. The summed E-state index contributed by atoms with van der Waals surface area (Å²) in [6, 6.07) is 7.59. The van der Waals surface area contributed by atoms with E-state index in [0.29, 0.717) is 17.9 Å². The van der Waals surface area contributed by atoms with Gasteiger partial charge in [-0.25, -0.2) is 0 Å². The number of para-hydroxylation sites is 1.